The van der Waals surface area contributed by atoms with Crippen molar-refractivity contribution in [1.82, 2.24) is 5.32 Å². The average molecular weight is 280 g/mol. The van der Waals surface area contributed by atoms with Crippen molar-refractivity contribution in [2.75, 3.05) is 13.1 Å². The molecular weight excluding hydrogens is 259 g/mol. The molecule has 20 heavy (non-hydrogen) atoms. The molecule has 0 radical (unpaired) electrons. The van der Waals surface area contributed by atoms with Gasteiger partial charge in [0.05, 0.1) is 6.10 Å². The van der Waals surface area contributed by atoms with Gasteiger partial charge in [0.25, 0.3) is 0 Å². The Bertz CT molecular complexity index is 467. The third kappa shape index (κ3) is 3.35. The number of rotatable bonds is 5. The summed E-state index contributed by atoms with van der Waals surface area (Å²) in [5.74, 6) is -0.406. The maximum absolute atomic E-state index is 13.5. The Hall–Kier alpha value is -1.46. The van der Waals surface area contributed by atoms with Gasteiger partial charge in [0.2, 0.25) is 5.91 Å². The number of hydrogen-bond donors (Lipinski definition) is 3. The number of carbonyl (C=O) groups excluding carboxylic acids is 1. The molecule has 0 aromatic heterocycles. The second kappa shape index (κ2) is 6.81. The van der Waals surface area contributed by atoms with Crippen LogP contribution in [0.1, 0.15) is 30.9 Å². The molecule has 1 aliphatic rings. The molecule has 1 saturated carbocycles. The Labute approximate surface area is 118 Å². The van der Waals surface area contributed by atoms with Crippen LogP contribution in [0.15, 0.2) is 24.3 Å². The monoisotopic (exact) mass is 280 g/mol. The van der Waals surface area contributed by atoms with Crippen molar-refractivity contribution >= 4 is 5.91 Å². The van der Waals surface area contributed by atoms with E-state index >= 15 is 0 Å². The number of aliphatic hydroxyl groups excluding tert-OH is 1. The molecule has 1 aliphatic carbocycles. The predicted octanol–water partition coefficient (Wildman–Crippen LogP) is 1.35. The van der Waals surface area contributed by atoms with Gasteiger partial charge in [-0.1, -0.05) is 24.6 Å². The van der Waals surface area contributed by atoms with Gasteiger partial charge in [-0.15, -0.1) is 0 Å². The second-order valence-electron chi connectivity index (χ2n) is 5.32. The lowest BCUT2D eigenvalue weighted by molar-refractivity contribution is -0.126. The van der Waals surface area contributed by atoms with Crippen LogP contribution < -0.4 is 11.1 Å². The van der Waals surface area contributed by atoms with Gasteiger partial charge >= 0.3 is 0 Å². The molecule has 110 valence electrons. The van der Waals surface area contributed by atoms with Crippen LogP contribution in [0.3, 0.4) is 0 Å². The molecule has 4 nitrogen and oxygen atoms in total. The highest BCUT2D eigenvalue weighted by atomic mass is 19.1. The molecule has 1 unspecified atom stereocenters. The Morgan fingerprint density at radius 2 is 2.20 bits per heavy atom. The SMILES string of the molecule is NC[C@H]1CCC[C@H]1C(=O)NCC(O)c1ccccc1F. The minimum Gasteiger partial charge on any atom is -0.386 e. The van der Waals surface area contributed by atoms with Crippen LogP contribution >= 0.6 is 0 Å². The Morgan fingerprint density at radius 3 is 2.90 bits per heavy atom. The van der Waals surface area contributed by atoms with Crippen LogP contribution in [0, 0.1) is 17.7 Å². The van der Waals surface area contributed by atoms with Gasteiger partial charge in [0.15, 0.2) is 0 Å². The van der Waals surface area contributed by atoms with E-state index in [0.29, 0.717) is 6.54 Å². The molecule has 0 spiro atoms. The first-order valence-corrected chi connectivity index (χ1v) is 7.03. The summed E-state index contributed by atoms with van der Waals surface area (Å²) < 4.78 is 13.5. The van der Waals surface area contributed by atoms with Crippen molar-refractivity contribution < 1.29 is 14.3 Å². The lowest BCUT2D eigenvalue weighted by atomic mass is 9.95. The number of hydrogen-bond acceptors (Lipinski definition) is 3. The van der Waals surface area contributed by atoms with E-state index in [1.165, 1.54) is 12.1 Å². The summed E-state index contributed by atoms with van der Waals surface area (Å²) in [5.41, 5.74) is 5.85. The number of nitrogens with one attached hydrogen (secondary N) is 1. The maximum atomic E-state index is 13.5. The summed E-state index contributed by atoms with van der Waals surface area (Å²) >= 11 is 0. The average Bonchev–Trinajstić information content (AvgIpc) is 2.93. The molecule has 1 aromatic rings. The predicted molar refractivity (Wildman–Crippen MR) is 74.3 cm³/mol. The Morgan fingerprint density at radius 1 is 1.45 bits per heavy atom. The number of carbonyl (C=O) groups is 1. The van der Waals surface area contributed by atoms with E-state index in [9.17, 15) is 14.3 Å². The van der Waals surface area contributed by atoms with Gasteiger partial charge in [-0.05, 0) is 31.4 Å². The van der Waals surface area contributed by atoms with E-state index < -0.39 is 11.9 Å². The van der Waals surface area contributed by atoms with E-state index in [2.05, 4.69) is 5.32 Å². The van der Waals surface area contributed by atoms with E-state index in [1.54, 1.807) is 12.1 Å². The van der Waals surface area contributed by atoms with Crippen LogP contribution in [-0.4, -0.2) is 24.1 Å². The van der Waals surface area contributed by atoms with E-state index in [1.807, 2.05) is 0 Å². The molecule has 0 heterocycles. The normalized spacial score (nSPS) is 23.6. The zero-order chi connectivity index (χ0) is 14.5. The summed E-state index contributed by atoms with van der Waals surface area (Å²) in [4.78, 5) is 12.1. The van der Waals surface area contributed by atoms with Crippen molar-refractivity contribution in [1.29, 1.82) is 0 Å². The van der Waals surface area contributed by atoms with Crippen LogP contribution in [0.25, 0.3) is 0 Å². The minimum atomic E-state index is -1.03. The lowest BCUT2D eigenvalue weighted by Gasteiger charge is -2.19. The lowest BCUT2D eigenvalue weighted by Crippen LogP contribution is -2.37. The number of aliphatic hydroxyl groups is 1. The Balaban J connectivity index is 1.89. The van der Waals surface area contributed by atoms with E-state index in [0.717, 1.165) is 19.3 Å². The highest BCUT2D eigenvalue weighted by Gasteiger charge is 2.32. The van der Waals surface area contributed by atoms with Crippen LogP contribution in [0.2, 0.25) is 0 Å². The van der Waals surface area contributed by atoms with Crippen molar-refractivity contribution in [3.63, 3.8) is 0 Å². The van der Waals surface area contributed by atoms with Crippen molar-refractivity contribution in [2.24, 2.45) is 17.6 Å². The van der Waals surface area contributed by atoms with Gasteiger partial charge < -0.3 is 16.2 Å². The zero-order valence-corrected chi connectivity index (χ0v) is 11.4. The standard InChI is InChI=1S/C15H21FN2O2/c16-13-7-2-1-5-12(13)14(19)9-18-15(20)11-6-3-4-10(11)8-17/h1-2,5,7,10-11,14,19H,3-4,6,8-9,17H2,(H,18,20)/t10-,11-,14?/m1/s1. The van der Waals surface area contributed by atoms with Crippen LogP contribution in [0.5, 0.6) is 0 Å². The quantitative estimate of drug-likeness (QED) is 0.762. The number of benzene rings is 1. The summed E-state index contributed by atoms with van der Waals surface area (Å²) in [6.07, 6.45) is 1.79. The molecular formula is C15H21FN2O2. The van der Waals surface area contributed by atoms with E-state index in [-0.39, 0.29) is 29.9 Å². The molecule has 4 N–H and O–H groups in total. The first-order chi connectivity index (χ1) is 9.63. The largest absolute Gasteiger partial charge is 0.386 e. The summed E-state index contributed by atoms with van der Waals surface area (Å²) in [7, 11) is 0. The molecule has 0 saturated heterocycles. The second-order valence-corrected chi connectivity index (χ2v) is 5.32. The summed E-state index contributed by atoms with van der Waals surface area (Å²) in [6, 6.07) is 6.03. The number of halogens is 1. The number of amides is 1. The van der Waals surface area contributed by atoms with Gasteiger partial charge in [0.1, 0.15) is 5.82 Å². The molecule has 5 heteroatoms. The molecule has 0 aliphatic heterocycles. The van der Waals surface area contributed by atoms with Crippen LogP contribution in [-0.2, 0) is 4.79 Å². The third-order valence-corrected chi connectivity index (χ3v) is 4.03. The minimum absolute atomic E-state index is 0.0214. The van der Waals surface area contributed by atoms with Crippen molar-refractivity contribution in [3.05, 3.63) is 35.6 Å². The van der Waals surface area contributed by atoms with Crippen LogP contribution in [0.4, 0.5) is 4.39 Å². The first kappa shape index (κ1) is 14.9. The van der Waals surface area contributed by atoms with Gasteiger partial charge in [-0.25, -0.2) is 4.39 Å². The molecule has 1 fully saturated rings. The van der Waals surface area contributed by atoms with Gasteiger partial charge in [-0.3, -0.25) is 4.79 Å². The molecule has 3 atom stereocenters. The molecule has 1 amide bonds. The zero-order valence-electron chi connectivity index (χ0n) is 11.4. The summed E-state index contributed by atoms with van der Waals surface area (Å²) in [5, 5.41) is 12.6. The van der Waals surface area contributed by atoms with Gasteiger partial charge in [-0.2, -0.15) is 0 Å². The smallest absolute Gasteiger partial charge is 0.223 e. The maximum Gasteiger partial charge on any atom is 0.223 e. The highest BCUT2D eigenvalue weighted by molar-refractivity contribution is 5.79. The fraction of sp³-hybridized carbons (Fsp3) is 0.533. The third-order valence-electron chi connectivity index (χ3n) is 4.03. The Kier molecular flexibility index (Phi) is 5.09. The topological polar surface area (TPSA) is 75.4 Å². The van der Waals surface area contributed by atoms with Crippen molar-refractivity contribution in [3.8, 4) is 0 Å². The molecule has 0 bridgehead atoms. The fourth-order valence-electron chi connectivity index (χ4n) is 2.85. The summed E-state index contributed by atoms with van der Waals surface area (Å²) in [6.45, 7) is 0.529. The number of nitrogens with two attached hydrogens (primary N) is 1. The molecule has 1 aromatic carbocycles. The van der Waals surface area contributed by atoms with Crippen molar-refractivity contribution in [2.45, 2.75) is 25.4 Å². The van der Waals surface area contributed by atoms with E-state index in [4.69, 9.17) is 5.73 Å². The first-order valence-electron chi connectivity index (χ1n) is 7.03. The molecule has 2 rings (SSSR count). The fourth-order valence-corrected chi connectivity index (χ4v) is 2.85. The highest BCUT2D eigenvalue weighted by Crippen LogP contribution is 2.31. The van der Waals surface area contributed by atoms with Gasteiger partial charge in [0, 0.05) is 18.0 Å².